The number of carbonyl (C=O) groups excluding carboxylic acids is 1. The molecule has 2 aliphatic rings. The maximum atomic E-state index is 13.4. The topological polar surface area (TPSA) is 38.1 Å². The first-order valence-electron chi connectivity index (χ1n) is 8.26. The highest BCUT2D eigenvalue weighted by Crippen LogP contribution is 2.49. The molecule has 120 valence electrons. The zero-order valence-electron chi connectivity index (χ0n) is 12.9. The fraction of sp³-hybridized carbons (Fsp3) is 0.444. The number of nitrogens with zero attached hydrogens (tertiary/aromatic N) is 3. The molecule has 1 aliphatic carbocycles. The fourth-order valence-electron chi connectivity index (χ4n) is 3.73. The van der Waals surface area contributed by atoms with Gasteiger partial charge in [-0.1, -0.05) is 12.1 Å². The standard InChI is InChI=1S/C18H20FN3O/c19-14-5-1-4-13(10-14)16-11-17(16)18(23)22-9-2-6-15(22)12-21-8-3-7-20-21/h1,3-5,7-8,10,15-17H,2,6,9,11-12H2. The summed E-state index contributed by atoms with van der Waals surface area (Å²) < 4.78 is 15.2. The van der Waals surface area contributed by atoms with Crippen LogP contribution in [-0.4, -0.2) is 33.2 Å². The molecule has 0 radical (unpaired) electrons. The maximum absolute atomic E-state index is 13.4. The molecule has 4 rings (SSSR count). The van der Waals surface area contributed by atoms with Gasteiger partial charge in [0, 0.05) is 24.9 Å². The molecule has 1 amide bonds. The van der Waals surface area contributed by atoms with Gasteiger partial charge in [0.15, 0.2) is 0 Å². The number of likely N-dealkylation sites (tertiary alicyclic amines) is 1. The van der Waals surface area contributed by atoms with Gasteiger partial charge in [0.2, 0.25) is 5.91 Å². The van der Waals surface area contributed by atoms with E-state index in [1.165, 1.54) is 6.07 Å². The number of aromatic nitrogens is 2. The zero-order valence-corrected chi connectivity index (χ0v) is 12.9. The number of amides is 1. The third kappa shape index (κ3) is 2.87. The summed E-state index contributed by atoms with van der Waals surface area (Å²) in [5, 5.41) is 4.24. The van der Waals surface area contributed by atoms with E-state index in [1.54, 1.807) is 18.3 Å². The minimum absolute atomic E-state index is 0.0232. The molecule has 2 fully saturated rings. The van der Waals surface area contributed by atoms with E-state index in [4.69, 9.17) is 0 Å². The molecule has 1 aliphatic heterocycles. The molecule has 0 bridgehead atoms. The van der Waals surface area contributed by atoms with E-state index in [1.807, 2.05) is 27.9 Å². The number of hydrogen-bond acceptors (Lipinski definition) is 2. The number of carbonyl (C=O) groups is 1. The van der Waals surface area contributed by atoms with E-state index in [0.717, 1.165) is 37.9 Å². The van der Waals surface area contributed by atoms with Gasteiger partial charge in [-0.15, -0.1) is 0 Å². The van der Waals surface area contributed by atoms with Gasteiger partial charge in [0.1, 0.15) is 5.82 Å². The number of halogens is 1. The van der Waals surface area contributed by atoms with Gasteiger partial charge < -0.3 is 4.90 Å². The molecule has 4 nitrogen and oxygen atoms in total. The first-order valence-corrected chi connectivity index (χ1v) is 8.26. The lowest BCUT2D eigenvalue weighted by Crippen LogP contribution is -2.39. The molecule has 2 heterocycles. The molecule has 0 N–H and O–H groups in total. The third-order valence-electron chi connectivity index (χ3n) is 5.00. The van der Waals surface area contributed by atoms with Gasteiger partial charge in [-0.05, 0) is 48.9 Å². The normalized spacial score (nSPS) is 26.5. The summed E-state index contributed by atoms with van der Waals surface area (Å²) >= 11 is 0. The van der Waals surface area contributed by atoms with Crippen molar-refractivity contribution in [3.05, 3.63) is 54.1 Å². The number of hydrogen-bond donors (Lipinski definition) is 0. The third-order valence-corrected chi connectivity index (χ3v) is 5.00. The van der Waals surface area contributed by atoms with Crippen LogP contribution >= 0.6 is 0 Å². The summed E-state index contributed by atoms with van der Waals surface area (Å²) in [4.78, 5) is 14.8. The van der Waals surface area contributed by atoms with Crippen LogP contribution in [0.4, 0.5) is 4.39 Å². The Morgan fingerprint density at radius 1 is 1.35 bits per heavy atom. The molecule has 1 aromatic heterocycles. The zero-order chi connectivity index (χ0) is 15.8. The summed E-state index contributed by atoms with van der Waals surface area (Å²) in [6.45, 7) is 1.59. The van der Waals surface area contributed by atoms with Crippen LogP contribution in [0, 0.1) is 11.7 Å². The summed E-state index contributed by atoms with van der Waals surface area (Å²) in [5.74, 6) is 0.214. The van der Waals surface area contributed by atoms with Crippen LogP contribution in [0.2, 0.25) is 0 Å². The molecule has 23 heavy (non-hydrogen) atoms. The Hall–Kier alpha value is -2.17. The Labute approximate surface area is 134 Å². The van der Waals surface area contributed by atoms with Crippen molar-refractivity contribution in [2.45, 2.75) is 37.8 Å². The molecule has 2 aromatic rings. The predicted molar refractivity (Wildman–Crippen MR) is 84.2 cm³/mol. The van der Waals surface area contributed by atoms with E-state index in [2.05, 4.69) is 5.10 Å². The molecule has 3 atom stereocenters. The van der Waals surface area contributed by atoms with E-state index < -0.39 is 0 Å². The highest BCUT2D eigenvalue weighted by Gasteiger charge is 2.47. The molecule has 1 saturated heterocycles. The van der Waals surface area contributed by atoms with Crippen molar-refractivity contribution < 1.29 is 9.18 Å². The second-order valence-corrected chi connectivity index (χ2v) is 6.56. The number of benzene rings is 1. The summed E-state index contributed by atoms with van der Waals surface area (Å²) in [6.07, 6.45) is 6.63. The summed E-state index contributed by atoms with van der Waals surface area (Å²) in [6, 6.07) is 8.79. The smallest absolute Gasteiger partial charge is 0.226 e. The van der Waals surface area contributed by atoms with Crippen molar-refractivity contribution in [3.63, 3.8) is 0 Å². The first-order chi connectivity index (χ1) is 11.2. The average molecular weight is 313 g/mol. The van der Waals surface area contributed by atoms with Crippen LogP contribution in [0.1, 0.15) is 30.7 Å². The SMILES string of the molecule is O=C(C1CC1c1cccc(F)c1)N1CCCC1Cn1cccn1. The lowest BCUT2D eigenvalue weighted by Gasteiger charge is -2.25. The van der Waals surface area contributed by atoms with Crippen molar-refractivity contribution in [3.8, 4) is 0 Å². The molecule has 1 aromatic carbocycles. The van der Waals surface area contributed by atoms with Crippen molar-refractivity contribution in [2.24, 2.45) is 5.92 Å². The van der Waals surface area contributed by atoms with E-state index in [9.17, 15) is 9.18 Å². The molecule has 0 spiro atoms. The van der Waals surface area contributed by atoms with E-state index in [0.29, 0.717) is 0 Å². The monoisotopic (exact) mass is 313 g/mol. The summed E-state index contributed by atoms with van der Waals surface area (Å²) in [5.41, 5.74) is 0.950. The van der Waals surface area contributed by atoms with Crippen LogP contribution in [0.25, 0.3) is 0 Å². The Kier molecular flexibility index (Phi) is 3.63. The highest BCUT2D eigenvalue weighted by atomic mass is 19.1. The van der Waals surface area contributed by atoms with E-state index in [-0.39, 0.29) is 29.6 Å². The van der Waals surface area contributed by atoms with Crippen molar-refractivity contribution in [2.75, 3.05) is 6.54 Å². The molecule has 3 unspecified atom stereocenters. The molecule has 1 saturated carbocycles. The van der Waals surface area contributed by atoms with Crippen molar-refractivity contribution in [1.29, 1.82) is 0 Å². The Morgan fingerprint density at radius 2 is 2.26 bits per heavy atom. The Morgan fingerprint density at radius 3 is 3.04 bits per heavy atom. The van der Waals surface area contributed by atoms with Gasteiger partial charge in [0.05, 0.1) is 12.6 Å². The van der Waals surface area contributed by atoms with Gasteiger partial charge in [-0.2, -0.15) is 5.10 Å². The first kappa shape index (κ1) is 14.4. The largest absolute Gasteiger partial charge is 0.338 e. The van der Waals surface area contributed by atoms with Gasteiger partial charge >= 0.3 is 0 Å². The highest BCUT2D eigenvalue weighted by molar-refractivity contribution is 5.83. The number of rotatable bonds is 4. The van der Waals surface area contributed by atoms with Crippen LogP contribution in [-0.2, 0) is 11.3 Å². The maximum Gasteiger partial charge on any atom is 0.226 e. The molecular weight excluding hydrogens is 293 g/mol. The van der Waals surface area contributed by atoms with Gasteiger partial charge in [-0.25, -0.2) is 4.39 Å². The second-order valence-electron chi connectivity index (χ2n) is 6.56. The van der Waals surface area contributed by atoms with E-state index >= 15 is 0 Å². The van der Waals surface area contributed by atoms with Gasteiger partial charge in [-0.3, -0.25) is 9.48 Å². The second kappa shape index (κ2) is 5.80. The van der Waals surface area contributed by atoms with Crippen LogP contribution < -0.4 is 0 Å². The minimum Gasteiger partial charge on any atom is -0.338 e. The Bertz CT molecular complexity index is 700. The van der Waals surface area contributed by atoms with Gasteiger partial charge in [0.25, 0.3) is 0 Å². The molecular formula is C18H20FN3O. The quantitative estimate of drug-likeness (QED) is 0.870. The molecule has 5 heteroatoms. The van der Waals surface area contributed by atoms with Crippen LogP contribution in [0.5, 0.6) is 0 Å². The lowest BCUT2D eigenvalue weighted by molar-refractivity contribution is -0.133. The van der Waals surface area contributed by atoms with Crippen LogP contribution in [0.3, 0.4) is 0 Å². The summed E-state index contributed by atoms with van der Waals surface area (Å²) in [7, 11) is 0. The average Bonchev–Trinajstić information content (AvgIpc) is 2.94. The Balaban J connectivity index is 1.43. The van der Waals surface area contributed by atoms with Crippen LogP contribution in [0.15, 0.2) is 42.7 Å². The minimum atomic E-state index is -0.224. The fourth-order valence-corrected chi connectivity index (χ4v) is 3.73. The van der Waals surface area contributed by atoms with Crippen molar-refractivity contribution in [1.82, 2.24) is 14.7 Å². The van der Waals surface area contributed by atoms with Crippen molar-refractivity contribution >= 4 is 5.91 Å². The lowest BCUT2D eigenvalue weighted by atomic mass is 10.1. The predicted octanol–water partition coefficient (Wildman–Crippen LogP) is 2.82.